The van der Waals surface area contributed by atoms with Crippen LogP contribution in [0.4, 0.5) is 5.13 Å². The van der Waals surface area contributed by atoms with E-state index in [1.165, 1.54) is 29.6 Å². The van der Waals surface area contributed by atoms with E-state index in [0.29, 0.717) is 21.5 Å². The van der Waals surface area contributed by atoms with Crippen LogP contribution in [0.5, 0.6) is 5.75 Å². The third kappa shape index (κ3) is 5.45. The minimum Gasteiger partial charge on any atom is -0.495 e. The first-order valence-corrected chi connectivity index (χ1v) is 10.4. The molecule has 3 aromatic rings. The van der Waals surface area contributed by atoms with Crippen molar-refractivity contribution in [3.8, 4) is 5.75 Å². The number of carbonyl (C=O) groups is 1. The Kier molecular flexibility index (Phi) is 6.71. The van der Waals surface area contributed by atoms with Crippen LogP contribution in [-0.2, 0) is 5.75 Å². The number of thioether (sulfide) groups is 1. The molecular formula is C19H18ClN3O2S2. The van der Waals surface area contributed by atoms with E-state index in [4.69, 9.17) is 16.3 Å². The van der Waals surface area contributed by atoms with Crippen molar-refractivity contribution in [2.24, 2.45) is 0 Å². The number of nitrogens with one attached hydrogen (secondary N) is 1. The summed E-state index contributed by atoms with van der Waals surface area (Å²) in [5.41, 5.74) is 3.00. The van der Waals surface area contributed by atoms with Gasteiger partial charge in [0.2, 0.25) is 5.13 Å². The van der Waals surface area contributed by atoms with Gasteiger partial charge in [-0.25, -0.2) is 0 Å². The Morgan fingerprint density at radius 2 is 2.00 bits per heavy atom. The summed E-state index contributed by atoms with van der Waals surface area (Å²) in [6, 6.07) is 13.4. The van der Waals surface area contributed by atoms with Gasteiger partial charge >= 0.3 is 0 Å². The summed E-state index contributed by atoms with van der Waals surface area (Å²) in [5, 5.41) is 12.3. The molecular weight excluding hydrogens is 402 g/mol. The van der Waals surface area contributed by atoms with E-state index in [1.807, 2.05) is 0 Å². The molecule has 0 saturated heterocycles. The molecule has 0 bridgehead atoms. The highest BCUT2D eigenvalue weighted by Gasteiger charge is 2.11. The number of hydrogen-bond acceptors (Lipinski definition) is 7. The number of carbonyl (C=O) groups excluding carboxylic acids is 1. The molecule has 1 N–H and O–H groups in total. The van der Waals surface area contributed by atoms with Crippen molar-refractivity contribution in [3.05, 3.63) is 64.2 Å². The smallest absolute Gasteiger partial charge is 0.206 e. The summed E-state index contributed by atoms with van der Waals surface area (Å²) >= 11 is 9.13. The first-order valence-electron chi connectivity index (χ1n) is 8.17. The van der Waals surface area contributed by atoms with E-state index in [2.05, 4.69) is 46.7 Å². The molecule has 8 heteroatoms. The zero-order valence-corrected chi connectivity index (χ0v) is 17.2. The third-order valence-corrected chi connectivity index (χ3v) is 6.14. The lowest BCUT2D eigenvalue weighted by molar-refractivity contribution is 0.101. The summed E-state index contributed by atoms with van der Waals surface area (Å²) in [6.45, 7) is 2.20. The highest BCUT2D eigenvalue weighted by molar-refractivity contribution is 8.00. The number of Topliss-reactive ketones (excluding diaryl/α,β-unsaturated/α-hetero) is 1. The predicted octanol–water partition coefficient (Wildman–Crippen LogP) is 5.10. The van der Waals surface area contributed by atoms with Gasteiger partial charge in [-0.2, -0.15) is 0 Å². The van der Waals surface area contributed by atoms with E-state index in [0.717, 1.165) is 10.1 Å². The average molecular weight is 420 g/mol. The molecule has 140 valence electrons. The number of anilines is 1. The lowest BCUT2D eigenvalue weighted by atomic mass is 10.1. The number of hydrogen-bond donors (Lipinski definition) is 1. The fraction of sp³-hybridized carbons (Fsp3) is 0.211. The quantitative estimate of drug-likeness (QED) is 0.405. The van der Waals surface area contributed by atoms with Crippen molar-refractivity contribution in [2.75, 3.05) is 19.0 Å². The lowest BCUT2D eigenvalue weighted by Crippen LogP contribution is -2.13. The Bertz CT molecular complexity index is 929. The van der Waals surface area contributed by atoms with E-state index >= 15 is 0 Å². The van der Waals surface area contributed by atoms with Crippen molar-refractivity contribution in [3.63, 3.8) is 0 Å². The molecule has 5 nitrogen and oxygen atoms in total. The summed E-state index contributed by atoms with van der Waals surface area (Å²) in [6.07, 6.45) is 0. The van der Waals surface area contributed by atoms with Crippen LogP contribution in [0, 0.1) is 6.92 Å². The van der Waals surface area contributed by atoms with Crippen LogP contribution < -0.4 is 10.1 Å². The second kappa shape index (κ2) is 9.21. The Balaban J connectivity index is 1.52. The molecule has 1 aromatic heterocycles. The van der Waals surface area contributed by atoms with Crippen molar-refractivity contribution < 1.29 is 9.53 Å². The molecule has 0 aliphatic rings. The minimum absolute atomic E-state index is 0.0800. The van der Waals surface area contributed by atoms with Gasteiger partial charge in [0, 0.05) is 11.3 Å². The van der Waals surface area contributed by atoms with Crippen LogP contribution in [0.15, 0.2) is 46.8 Å². The van der Waals surface area contributed by atoms with Gasteiger partial charge in [0.15, 0.2) is 10.1 Å². The zero-order chi connectivity index (χ0) is 19.2. The fourth-order valence-electron chi connectivity index (χ4n) is 2.27. The molecule has 3 rings (SSSR count). The molecule has 0 fully saturated rings. The van der Waals surface area contributed by atoms with Crippen molar-refractivity contribution in [1.82, 2.24) is 10.2 Å². The Labute approximate surface area is 171 Å². The molecule has 0 aliphatic carbocycles. The number of ether oxygens (including phenoxy) is 1. The summed E-state index contributed by atoms with van der Waals surface area (Å²) in [4.78, 5) is 12.3. The molecule has 0 spiro atoms. The molecule has 27 heavy (non-hydrogen) atoms. The maximum atomic E-state index is 12.3. The molecule has 0 unspecified atom stereocenters. The minimum atomic E-state index is -0.0800. The normalized spacial score (nSPS) is 10.6. The van der Waals surface area contributed by atoms with Crippen LogP contribution in [0.25, 0.3) is 0 Å². The molecule has 0 radical (unpaired) electrons. The number of benzene rings is 2. The fourth-order valence-corrected chi connectivity index (χ4v) is 4.23. The average Bonchev–Trinajstić information content (AvgIpc) is 3.13. The topological polar surface area (TPSA) is 64.1 Å². The second-order valence-electron chi connectivity index (χ2n) is 5.77. The SMILES string of the molecule is COc1ccc(C(=O)CNc2nnc(SCc3ccc(C)cc3)s2)cc1Cl. The highest BCUT2D eigenvalue weighted by Crippen LogP contribution is 2.29. The van der Waals surface area contributed by atoms with Crippen molar-refractivity contribution in [1.29, 1.82) is 0 Å². The number of halogens is 1. The number of nitrogens with zero attached hydrogens (tertiary/aromatic N) is 2. The van der Waals surface area contributed by atoms with Crippen LogP contribution >= 0.6 is 34.7 Å². The number of methoxy groups -OCH3 is 1. The molecule has 0 aliphatic heterocycles. The number of aryl methyl sites for hydroxylation is 1. The van der Waals surface area contributed by atoms with Gasteiger partial charge in [-0.15, -0.1) is 10.2 Å². The Hall–Kier alpha value is -2.09. The van der Waals surface area contributed by atoms with Crippen LogP contribution in [0.1, 0.15) is 21.5 Å². The van der Waals surface area contributed by atoms with Crippen LogP contribution in [0.2, 0.25) is 5.02 Å². The standard InChI is InChI=1S/C19H18ClN3O2S2/c1-12-3-5-13(6-4-12)11-26-19-23-22-18(27-19)21-10-16(24)14-7-8-17(25-2)15(20)9-14/h3-9H,10-11H2,1-2H3,(H,21,22). The monoisotopic (exact) mass is 419 g/mol. The predicted molar refractivity (Wildman–Crippen MR) is 111 cm³/mol. The van der Waals surface area contributed by atoms with E-state index < -0.39 is 0 Å². The highest BCUT2D eigenvalue weighted by atomic mass is 35.5. The first kappa shape index (κ1) is 19.7. The maximum absolute atomic E-state index is 12.3. The van der Waals surface area contributed by atoms with Gasteiger partial charge in [-0.3, -0.25) is 4.79 Å². The van der Waals surface area contributed by atoms with Crippen LogP contribution in [-0.4, -0.2) is 29.6 Å². The summed E-state index contributed by atoms with van der Waals surface area (Å²) < 4.78 is 5.95. The third-order valence-electron chi connectivity index (χ3n) is 3.76. The molecule has 1 heterocycles. The largest absolute Gasteiger partial charge is 0.495 e. The van der Waals surface area contributed by atoms with Gasteiger partial charge in [-0.05, 0) is 30.7 Å². The Morgan fingerprint density at radius 1 is 1.22 bits per heavy atom. The second-order valence-corrected chi connectivity index (χ2v) is 8.38. The van der Waals surface area contributed by atoms with E-state index in [-0.39, 0.29) is 12.3 Å². The lowest BCUT2D eigenvalue weighted by Gasteiger charge is -2.06. The van der Waals surface area contributed by atoms with Gasteiger partial charge in [0.05, 0.1) is 18.7 Å². The van der Waals surface area contributed by atoms with Gasteiger partial charge in [0.25, 0.3) is 0 Å². The summed E-state index contributed by atoms with van der Waals surface area (Å²) in [5.74, 6) is 1.29. The molecule has 0 atom stereocenters. The van der Waals surface area contributed by atoms with Gasteiger partial charge in [-0.1, -0.05) is 64.5 Å². The number of ketones is 1. The van der Waals surface area contributed by atoms with Crippen LogP contribution in [0.3, 0.4) is 0 Å². The zero-order valence-electron chi connectivity index (χ0n) is 14.9. The first-order chi connectivity index (χ1) is 13.0. The molecule has 2 aromatic carbocycles. The van der Waals surface area contributed by atoms with Gasteiger partial charge < -0.3 is 10.1 Å². The summed E-state index contributed by atoms with van der Waals surface area (Å²) in [7, 11) is 1.54. The van der Waals surface area contributed by atoms with E-state index in [9.17, 15) is 4.79 Å². The molecule has 0 saturated carbocycles. The van der Waals surface area contributed by atoms with Gasteiger partial charge in [0.1, 0.15) is 5.75 Å². The Morgan fingerprint density at radius 3 is 2.70 bits per heavy atom. The van der Waals surface area contributed by atoms with Crippen molar-refractivity contribution >= 4 is 45.6 Å². The maximum Gasteiger partial charge on any atom is 0.206 e. The molecule has 0 amide bonds. The number of rotatable bonds is 8. The van der Waals surface area contributed by atoms with E-state index in [1.54, 1.807) is 30.0 Å². The van der Waals surface area contributed by atoms with Crippen molar-refractivity contribution in [2.45, 2.75) is 17.0 Å². The number of aromatic nitrogens is 2.